The van der Waals surface area contributed by atoms with Crippen molar-refractivity contribution in [1.82, 2.24) is 0 Å². The molecule has 0 aliphatic heterocycles. The van der Waals surface area contributed by atoms with Gasteiger partial charge in [-0.3, -0.25) is 0 Å². The Balaban J connectivity index is 2.08. The average molecular weight is 524 g/mol. The Labute approximate surface area is 192 Å². The van der Waals surface area contributed by atoms with E-state index in [2.05, 4.69) is 44.6 Å². The molecule has 0 heterocycles. The van der Waals surface area contributed by atoms with Crippen molar-refractivity contribution in [2.75, 3.05) is 0 Å². The van der Waals surface area contributed by atoms with Crippen LogP contribution in [0, 0.1) is 14.2 Å². The first-order valence-corrected chi connectivity index (χ1v) is 10.7. The third kappa shape index (κ3) is 5.28. The molecule has 30 heavy (non-hydrogen) atoms. The highest BCUT2D eigenvalue weighted by atomic mass is 127. The predicted molar refractivity (Wildman–Crippen MR) is 131 cm³/mol. The van der Waals surface area contributed by atoms with E-state index in [0.29, 0.717) is 17.1 Å². The zero-order valence-corrected chi connectivity index (χ0v) is 18.8. The van der Waals surface area contributed by atoms with Gasteiger partial charge in [0.2, 0.25) is 0 Å². The molecule has 7 heteroatoms. The Morgan fingerprint density at radius 2 is 1.70 bits per heavy atom. The number of hydrogen-bond donors (Lipinski definition) is 2. The minimum atomic E-state index is 0.0425. The molecule has 0 saturated heterocycles. The van der Waals surface area contributed by atoms with Gasteiger partial charge in [0.15, 0.2) is 5.84 Å². The van der Waals surface area contributed by atoms with E-state index in [1.807, 2.05) is 48.5 Å². The standard InChI is InChI=1S/C23H17IN4OS/c1-15(16-7-6-8-17(13-16)30-14-25)27-23(18-9-2-4-11-20(18)24)28-22(26)19-10-3-5-12-21(19)29/h2-13,29H,1H2,(H2,26,27,28). The largest absolute Gasteiger partial charge is 0.507 e. The van der Waals surface area contributed by atoms with E-state index in [1.54, 1.807) is 24.3 Å². The molecule has 0 fully saturated rings. The molecule has 3 N–H and O–H groups in total. The van der Waals surface area contributed by atoms with E-state index in [9.17, 15) is 5.11 Å². The molecule has 148 valence electrons. The molecule has 0 aliphatic carbocycles. The fourth-order valence-electron chi connectivity index (χ4n) is 2.64. The fraction of sp³-hybridized carbons (Fsp3) is 0. The number of benzene rings is 3. The van der Waals surface area contributed by atoms with Gasteiger partial charge in [0.05, 0.1) is 11.3 Å². The summed E-state index contributed by atoms with van der Waals surface area (Å²) >= 11 is 3.29. The second kappa shape index (κ2) is 10.1. The number of halogens is 1. The summed E-state index contributed by atoms with van der Waals surface area (Å²) in [5, 5.41) is 21.1. The number of phenolic OH excluding ortho intramolecular Hbond substituents is 1. The SMILES string of the molecule is C=C(N=C(N=C(N)c1ccccc1O)c1ccccc1I)c1cccc(SC#N)c1. The van der Waals surface area contributed by atoms with Gasteiger partial charge in [0.25, 0.3) is 0 Å². The molecule has 3 aromatic carbocycles. The van der Waals surface area contributed by atoms with Gasteiger partial charge in [-0.15, -0.1) is 0 Å². The summed E-state index contributed by atoms with van der Waals surface area (Å²) < 4.78 is 0.948. The van der Waals surface area contributed by atoms with Gasteiger partial charge in [0.1, 0.15) is 17.0 Å². The molecule has 0 aromatic heterocycles. The van der Waals surface area contributed by atoms with Gasteiger partial charge in [-0.05, 0) is 64.7 Å². The number of para-hydroxylation sites is 1. The smallest absolute Gasteiger partial charge is 0.163 e. The topological polar surface area (TPSA) is 94.8 Å². The van der Waals surface area contributed by atoms with Crippen molar-refractivity contribution in [3.8, 4) is 11.2 Å². The van der Waals surface area contributed by atoms with Crippen LogP contribution < -0.4 is 5.73 Å². The Kier molecular flexibility index (Phi) is 7.27. The van der Waals surface area contributed by atoms with Crippen LogP contribution in [0.3, 0.4) is 0 Å². The first-order chi connectivity index (χ1) is 14.5. The van der Waals surface area contributed by atoms with Crippen molar-refractivity contribution in [3.05, 3.63) is 99.6 Å². The third-order valence-corrected chi connectivity index (χ3v) is 5.61. The number of nitrogens with two attached hydrogens (primary N) is 1. The van der Waals surface area contributed by atoms with Crippen LogP contribution >= 0.6 is 34.4 Å². The number of aliphatic imine (C=N–C) groups is 2. The summed E-state index contributed by atoms with van der Waals surface area (Å²) in [7, 11) is 0. The van der Waals surface area contributed by atoms with E-state index >= 15 is 0 Å². The molecule has 0 radical (unpaired) electrons. The van der Waals surface area contributed by atoms with Crippen LogP contribution in [0.5, 0.6) is 5.75 Å². The number of thioether (sulfide) groups is 1. The zero-order chi connectivity index (χ0) is 21.5. The van der Waals surface area contributed by atoms with Crippen LogP contribution in [0.1, 0.15) is 16.7 Å². The van der Waals surface area contributed by atoms with Gasteiger partial charge >= 0.3 is 0 Å². The molecule has 0 saturated carbocycles. The van der Waals surface area contributed by atoms with E-state index in [4.69, 9.17) is 11.0 Å². The van der Waals surface area contributed by atoms with Crippen molar-refractivity contribution < 1.29 is 5.11 Å². The van der Waals surface area contributed by atoms with Crippen LogP contribution in [0.2, 0.25) is 0 Å². The monoisotopic (exact) mass is 524 g/mol. The molecule has 3 rings (SSSR count). The minimum absolute atomic E-state index is 0.0425. The normalized spacial score (nSPS) is 11.7. The molecular formula is C23H17IN4OS. The van der Waals surface area contributed by atoms with Crippen LogP contribution in [0.4, 0.5) is 0 Å². The van der Waals surface area contributed by atoms with Crippen LogP contribution in [-0.4, -0.2) is 16.8 Å². The zero-order valence-electron chi connectivity index (χ0n) is 15.8. The van der Waals surface area contributed by atoms with E-state index in [0.717, 1.165) is 31.4 Å². The summed E-state index contributed by atoms with van der Waals surface area (Å²) in [6.07, 6.45) is 0. The Bertz CT molecular complexity index is 1200. The summed E-state index contributed by atoms with van der Waals surface area (Å²) in [6, 6.07) is 21.8. The molecule has 0 spiro atoms. The summed E-state index contributed by atoms with van der Waals surface area (Å²) in [4.78, 5) is 9.98. The number of rotatable bonds is 5. The number of amidine groups is 2. The molecule has 0 aliphatic rings. The van der Waals surface area contributed by atoms with E-state index in [-0.39, 0.29) is 11.6 Å². The average Bonchev–Trinajstić information content (AvgIpc) is 2.74. The number of nitriles is 1. The predicted octanol–water partition coefficient (Wildman–Crippen LogP) is 5.39. The molecule has 0 bridgehead atoms. The maximum absolute atomic E-state index is 10.1. The number of thiocyanates is 1. The lowest BCUT2D eigenvalue weighted by molar-refractivity contribution is 0.474. The van der Waals surface area contributed by atoms with Crippen molar-refractivity contribution in [2.45, 2.75) is 4.90 Å². The number of phenols is 1. The van der Waals surface area contributed by atoms with E-state index in [1.165, 1.54) is 0 Å². The Hall–Kier alpha value is -3.09. The highest BCUT2D eigenvalue weighted by Crippen LogP contribution is 2.24. The maximum atomic E-state index is 10.1. The highest BCUT2D eigenvalue weighted by Gasteiger charge is 2.12. The Morgan fingerprint density at radius 3 is 2.40 bits per heavy atom. The van der Waals surface area contributed by atoms with Crippen LogP contribution in [0.15, 0.2) is 94.3 Å². The second-order valence-electron chi connectivity index (χ2n) is 6.10. The minimum Gasteiger partial charge on any atom is -0.507 e. The molecular weight excluding hydrogens is 507 g/mol. The van der Waals surface area contributed by atoms with Crippen molar-refractivity contribution in [1.29, 1.82) is 5.26 Å². The van der Waals surface area contributed by atoms with Gasteiger partial charge in [-0.25, -0.2) is 9.98 Å². The second-order valence-corrected chi connectivity index (χ2v) is 8.12. The van der Waals surface area contributed by atoms with Gasteiger partial charge in [0, 0.05) is 19.6 Å². The first-order valence-electron chi connectivity index (χ1n) is 8.81. The molecule has 0 unspecified atom stereocenters. The first kappa shape index (κ1) is 21.6. The van der Waals surface area contributed by atoms with Crippen molar-refractivity contribution >= 4 is 51.7 Å². The lowest BCUT2D eigenvalue weighted by Crippen LogP contribution is -2.17. The van der Waals surface area contributed by atoms with Crippen molar-refractivity contribution in [3.63, 3.8) is 0 Å². The molecule has 5 nitrogen and oxygen atoms in total. The molecule has 3 aromatic rings. The maximum Gasteiger partial charge on any atom is 0.163 e. The summed E-state index contributed by atoms with van der Waals surface area (Å²) in [6.45, 7) is 4.08. The lowest BCUT2D eigenvalue weighted by Gasteiger charge is -2.09. The molecule has 0 atom stereocenters. The number of nitrogens with zero attached hydrogens (tertiary/aromatic N) is 3. The number of aromatic hydroxyl groups is 1. The Morgan fingerprint density at radius 1 is 1.00 bits per heavy atom. The van der Waals surface area contributed by atoms with Crippen LogP contribution in [0.25, 0.3) is 5.70 Å². The quantitative estimate of drug-likeness (QED) is 0.154. The fourth-order valence-corrected chi connectivity index (χ4v) is 3.70. The number of hydrogen-bond acceptors (Lipinski definition) is 4. The summed E-state index contributed by atoms with van der Waals surface area (Å²) in [5.74, 6) is 0.568. The van der Waals surface area contributed by atoms with Gasteiger partial charge < -0.3 is 10.8 Å². The van der Waals surface area contributed by atoms with Crippen LogP contribution in [-0.2, 0) is 0 Å². The molecule has 0 amide bonds. The third-order valence-electron chi connectivity index (χ3n) is 4.09. The summed E-state index contributed by atoms with van der Waals surface area (Å²) in [5.41, 5.74) is 8.68. The lowest BCUT2D eigenvalue weighted by atomic mass is 10.1. The van der Waals surface area contributed by atoms with Crippen molar-refractivity contribution in [2.24, 2.45) is 15.7 Å². The highest BCUT2D eigenvalue weighted by molar-refractivity contribution is 14.1. The van der Waals surface area contributed by atoms with Gasteiger partial charge in [-0.2, -0.15) is 5.26 Å². The van der Waals surface area contributed by atoms with Gasteiger partial charge in [-0.1, -0.05) is 49.0 Å². The van der Waals surface area contributed by atoms with E-state index < -0.39 is 0 Å².